The second-order valence-corrected chi connectivity index (χ2v) is 6.65. The summed E-state index contributed by atoms with van der Waals surface area (Å²) in [6.45, 7) is 0.0624. The molecule has 0 amide bonds. The summed E-state index contributed by atoms with van der Waals surface area (Å²) in [5.74, 6) is -1.07. The van der Waals surface area contributed by atoms with Crippen molar-refractivity contribution in [3.05, 3.63) is 54.1 Å². The van der Waals surface area contributed by atoms with Gasteiger partial charge in [-0.3, -0.25) is 4.98 Å². The number of hydrogen-bond donors (Lipinski definition) is 0. The van der Waals surface area contributed by atoms with Gasteiger partial charge in [0.25, 0.3) is 9.84 Å². The molecule has 0 N–H and O–H groups in total. The van der Waals surface area contributed by atoms with Gasteiger partial charge in [-0.25, -0.2) is 12.8 Å². The van der Waals surface area contributed by atoms with E-state index >= 15 is 0 Å². The molecule has 0 saturated heterocycles. The third-order valence-corrected chi connectivity index (χ3v) is 4.57. The Morgan fingerprint density at radius 1 is 1.17 bits per heavy atom. The molecule has 2 aromatic rings. The van der Waals surface area contributed by atoms with Crippen LogP contribution in [0.2, 0.25) is 0 Å². The van der Waals surface area contributed by atoms with Crippen molar-refractivity contribution in [3.8, 4) is 0 Å². The maximum Gasteiger partial charge on any atom is 0.501 e. The predicted octanol–water partition coefficient (Wildman–Crippen LogP) is 3.15. The number of halogens is 4. The highest BCUT2D eigenvalue weighted by atomic mass is 32.2. The molecule has 0 saturated carbocycles. The van der Waals surface area contributed by atoms with Gasteiger partial charge in [0.15, 0.2) is 0 Å². The van der Waals surface area contributed by atoms with E-state index in [4.69, 9.17) is 0 Å². The number of aromatic nitrogens is 1. The van der Waals surface area contributed by atoms with Gasteiger partial charge in [-0.2, -0.15) is 13.2 Å². The molecule has 2 rings (SSSR count). The van der Waals surface area contributed by atoms with E-state index in [0.29, 0.717) is 11.8 Å². The fourth-order valence-electron chi connectivity index (χ4n) is 1.96. The van der Waals surface area contributed by atoms with Crippen LogP contribution in [0.5, 0.6) is 0 Å². The van der Waals surface area contributed by atoms with Crippen LogP contribution in [0.15, 0.2) is 47.5 Å². The highest BCUT2D eigenvalue weighted by molar-refractivity contribution is 7.92. The minimum absolute atomic E-state index is 0.0624. The summed E-state index contributed by atoms with van der Waals surface area (Å²) in [5.41, 5.74) is -5.24. The summed E-state index contributed by atoms with van der Waals surface area (Å²) >= 11 is 0. The average molecular weight is 348 g/mol. The van der Waals surface area contributed by atoms with Crippen molar-refractivity contribution >= 4 is 15.5 Å². The van der Waals surface area contributed by atoms with Crippen molar-refractivity contribution in [1.29, 1.82) is 0 Å². The number of nitrogens with zero attached hydrogens (tertiary/aromatic N) is 2. The number of rotatable bonds is 4. The standard InChI is InChI=1S/C14H12F4N2O2S/c1-20(9-11-4-2-3-7-19-11)12-6-5-10(15)8-13(12)23(21,22)14(16,17)18/h2-8H,9H2,1H3. The SMILES string of the molecule is CN(Cc1ccccn1)c1ccc(F)cc1S(=O)(=O)C(F)(F)F. The second-order valence-electron chi connectivity index (χ2n) is 4.74. The fourth-order valence-corrected chi connectivity index (χ4v) is 2.98. The van der Waals surface area contributed by atoms with Crippen molar-refractivity contribution in [2.75, 3.05) is 11.9 Å². The molecule has 1 aromatic heterocycles. The summed E-state index contributed by atoms with van der Waals surface area (Å²) in [5, 5.41) is 0. The molecule has 0 spiro atoms. The molecule has 4 nitrogen and oxygen atoms in total. The summed E-state index contributed by atoms with van der Waals surface area (Å²) in [7, 11) is -4.27. The first kappa shape index (κ1) is 17.2. The van der Waals surface area contributed by atoms with Crippen molar-refractivity contribution in [1.82, 2.24) is 4.98 Å². The quantitative estimate of drug-likeness (QED) is 0.797. The Labute approximate surface area is 130 Å². The van der Waals surface area contributed by atoms with Gasteiger partial charge in [0, 0.05) is 13.2 Å². The molecule has 0 bridgehead atoms. The van der Waals surface area contributed by atoms with Crippen LogP contribution in [0.4, 0.5) is 23.2 Å². The predicted molar refractivity (Wildman–Crippen MR) is 76.0 cm³/mol. The molecule has 23 heavy (non-hydrogen) atoms. The lowest BCUT2D eigenvalue weighted by molar-refractivity contribution is -0.0435. The van der Waals surface area contributed by atoms with Crippen LogP contribution in [0.1, 0.15) is 5.69 Å². The Kier molecular flexibility index (Phi) is 4.60. The Morgan fingerprint density at radius 3 is 2.43 bits per heavy atom. The molecule has 1 heterocycles. The van der Waals surface area contributed by atoms with Crippen LogP contribution in [0.3, 0.4) is 0 Å². The van der Waals surface area contributed by atoms with Gasteiger partial charge < -0.3 is 4.90 Å². The molecule has 0 unspecified atom stereocenters. The highest BCUT2D eigenvalue weighted by Gasteiger charge is 2.48. The summed E-state index contributed by atoms with van der Waals surface area (Å²) in [6, 6.07) is 7.26. The number of anilines is 1. The van der Waals surface area contributed by atoms with E-state index in [1.54, 1.807) is 18.2 Å². The molecule has 0 fully saturated rings. The molecular weight excluding hydrogens is 336 g/mol. The molecule has 0 aliphatic carbocycles. The van der Waals surface area contributed by atoms with E-state index in [9.17, 15) is 26.0 Å². The lowest BCUT2D eigenvalue weighted by Crippen LogP contribution is -2.27. The first-order chi connectivity index (χ1) is 10.6. The topological polar surface area (TPSA) is 50.3 Å². The summed E-state index contributed by atoms with van der Waals surface area (Å²) < 4.78 is 74.9. The van der Waals surface area contributed by atoms with Crippen molar-refractivity contribution in [3.63, 3.8) is 0 Å². The van der Waals surface area contributed by atoms with Gasteiger partial charge in [0.2, 0.25) is 0 Å². The minimum Gasteiger partial charge on any atom is -0.368 e. The van der Waals surface area contributed by atoms with Crippen molar-refractivity contribution < 1.29 is 26.0 Å². The molecule has 124 valence electrons. The van der Waals surface area contributed by atoms with E-state index in [1.807, 2.05) is 0 Å². The zero-order valence-electron chi connectivity index (χ0n) is 11.9. The molecule has 0 aliphatic heterocycles. The Hall–Kier alpha value is -2.16. The Balaban J connectivity index is 2.48. The average Bonchev–Trinajstić information content (AvgIpc) is 2.46. The monoisotopic (exact) mass is 348 g/mol. The second kappa shape index (κ2) is 6.15. The number of sulfone groups is 1. The van der Waals surface area contributed by atoms with Gasteiger partial charge in [-0.1, -0.05) is 6.07 Å². The van der Waals surface area contributed by atoms with Gasteiger partial charge >= 0.3 is 5.51 Å². The lowest BCUT2D eigenvalue weighted by atomic mass is 10.2. The van der Waals surface area contributed by atoms with E-state index in [1.165, 1.54) is 18.1 Å². The van der Waals surface area contributed by atoms with Crippen molar-refractivity contribution in [2.24, 2.45) is 0 Å². The molecule has 0 aliphatic rings. The number of alkyl halides is 3. The summed E-state index contributed by atoms with van der Waals surface area (Å²) in [6.07, 6.45) is 1.50. The van der Waals surface area contributed by atoms with E-state index in [0.717, 1.165) is 12.1 Å². The van der Waals surface area contributed by atoms with Gasteiger partial charge in [0.05, 0.1) is 17.9 Å². The summed E-state index contributed by atoms with van der Waals surface area (Å²) in [4.78, 5) is 4.16. The largest absolute Gasteiger partial charge is 0.501 e. The molecule has 9 heteroatoms. The first-order valence-electron chi connectivity index (χ1n) is 6.35. The molecular formula is C14H12F4N2O2S. The Bertz CT molecular complexity index is 792. The molecule has 1 aromatic carbocycles. The van der Waals surface area contributed by atoms with Crippen LogP contribution < -0.4 is 4.90 Å². The molecule has 0 radical (unpaired) electrons. The number of pyridine rings is 1. The zero-order chi connectivity index (χ0) is 17.3. The first-order valence-corrected chi connectivity index (χ1v) is 7.83. The Morgan fingerprint density at radius 2 is 1.87 bits per heavy atom. The van der Waals surface area contributed by atoms with Crippen LogP contribution >= 0.6 is 0 Å². The highest BCUT2D eigenvalue weighted by Crippen LogP contribution is 2.36. The third-order valence-electron chi connectivity index (χ3n) is 3.05. The maximum atomic E-state index is 13.3. The minimum atomic E-state index is -5.67. The van der Waals surface area contributed by atoms with E-state index in [-0.39, 0.29) is 12.2 Å². The van der Waals surface area contributed by atoms with Gasteiger partial charge in [-0.15, -0.1) is 0 Å². The van der Waals surface area contributed by atoms with Gasteiger partial charge in [0.1, 0.15) is 10.7 Å². The van der Waals surface area contributed by atoms with E-state index < -0.39 is 26.1 Å². The van der Waals surface area contributed by atoms with Crippen LogP contribution in [0, 0.1) is 5.82 Å². The maximum absolute atomic E-state index is 13.3. The zero-order valence-corrected chi connectivity index (χ0v) is 12.7. The third kappa shape index (κ3) is 3.61. The number of benzene rings is 1. The van der Waals surface area contributed by atoms with Gasteiger partial charge in [-0.05, 0) is 30.3 Å². The normalized spacial score (nSPS) is 12.2. The van der Waals surface area contributed by atoms with Crippen LogP contribution in [-0.4, -0.2) is 26.0 Å². The smallest absolute Gasteiger partial charge is 0.368 e. The van der Waals surface area contributed by atoms with E-state index in [2.05, 4.69) is 4.98 Å². The lowest BCUT2D eigenvalue weighted by Gasteiger charge is -2.22. The van der Waals surface area contributed by atoms with Crippen LogP contribution in [0.25, 0.3) is 0 Å². The number of hydrogen-bond acceptors (Lipinski definition) is 4. The molecule has 0 atom stereocenters. The van der Waals surface area contributed by atoms with Crippen molar-refractivity contribution in [2.45, 2.75) is 16.9 Å². The fraction of sp³-hybridized carbons (Fsp3) is 0.214. The van der Waals surface area contributed by atoms with Crippen LogP contribution in [-0.2, 0) is 16.4 Å².